The number of carbonyl (C=O) groups is 2. The second-order valence-electron chi connectivity index (χ2n) is 10.4. The van der Waals surface area contributed by atoms with E-state index in [4.69, 9.17) is 0 Å². The second-order valence-corrected chi connectivity index (χ2v) is 10.4. The van der Waals surface area contributed by atoms with Gasteiger partial charge in [0.15, 0.2) is 0 Å². The van der Waals surface area contributed by atoms with Crippen LogP contribution in [0.5, 0.6) is 0 Å². The summed E-state index contributed by atoms with van der Waals surface area (Å²) >= 11 is 0. The first-order valence-corrected chi connectivity index (χ1v) is 12.0. The van der Waals surface area contributed by atoms with E-state index < -0.39 is 0 Å². The van der Waals surface area contributed by atoms with Gasteiger partial charge in [0.2, 0.25) is 11.8 Å². The van der Waals surface area contributed by atoms with Crippen molar-refractivity contribution in [2.45, 2.75) is 31.6 Å². The molecule has 5 heterocycles. The number of rotatable bonds is 4. The Hall–Kier alpha value is -2.45. The molecule has 2 aromatic rings. The van der Waals surface area contributed by atoms with E-state index in [1.807, 2.05) is 11.7 Å². The van der Waals surface area contributed by atoms with Crippen molar-refractivity contribution in [2.75, 3.05) is 50.7 Å². The molecule has 1 spiro atoms. The molecule has 4 aliphatic heterocycles. The zero-order chi connectivity index (χ0) is 21.9. The van der Waals surface area contributed by atoms with Gasteiger partial charge in [-0.25, -0.2) is 0 Å². The van der Waals surface area contributed by atoms with E-state index in [2.05, 4.69) is 43.7 Å². The highest BCUT2D eigenvalue weighted by Crippen LogP contribution is 2.36. The highest BCUT2D eigenvalue weighted by atomic mass is 16.2. The molecule has 2 N–H and O–H groups in total. The first-order chi connectivity index (χ1) is 15.5. The molecule has 1 aromatic carbocycles. The van der Waals surface area contributed by atoms with Crippen LogP contribution in [-0.2, 0) is 16.6 Å². The zero-order valence-electron chi connectivity index (χ0n) is 18.8. The number of hydrogen-bond acceptors (Lipinski definition) is 6. The molecular formula is C24H32N6O2. The Morgan fingerprint density at radius 3 is 2.59 bits per heavy atom. The van der Waals surface area contributed by atoms with E-state index in [1.54, 1.807) is 0 Å². The Balaban J connectivity index is 1.12. The maximum absolute atomic E-state index is 12.4. The van der Waals surface area contributed by atoms with Crippen LogP contribution in [0.2, 0.25) is 0 Å². The quantitative estimate of drug-likeness (QED) is 0.702. The number of likely N-dealkylation sites (tertiary alicyclic amines) is 1. The number of fused-ring (bicyclic) bond motifs is 1. The number of carbonyl (C=O) groups excluding carboxylic acids is 2. The predicted molar refractivity (Wildman–Crippen MR) is 123 cm³/mol. The normalized spacial score (nSPS) is 26.3. The molecule has 1 atom stereocenters. The van der Waals surface area contributed by atoms with Crippen molar-refractivity contribution in [1.29, 1.82) is 0 Å². The molecule has 0 bridgehead atoms. The van der Waals surface area contributed by atoms with Crippen LogP contribution in [0.25, 0.3) is 10.9 Å². The number of piperidine rings is 2. The first-order valence-electron chi connectivity index (χ1n) is 12.0. The van der Waals surface area contributed by atoms with Gasteiger partial charge in [-0.2, -0.15) is 5.10 Å². The van der Waals surface area contributed by atoms with Gasteiger partial charge in [-0.3, -0.25) is 19.6 Å². The minimum Gasteiger partial charge on any atom is -0.371 e. The van der Waals surface area contributed by atoms with Crippen molar-refractivity contribution in [3.05, 3.63) is 23.9 Å². The molecule has 8 nitrogen and oxygen atoms in total. The van der Waals surface area contributed by atoms with Crippen LogP contribution in [0.3, 0.4) is 0 Å². The molecule has 6 rings (SSSR count). The van der Waals surface area contributed by atoms with E-state index in [0.29, 0.717) is 18.3 Å². The van der Waals surface area contributed by atoms with Gasteiger partial charge in [-0.1, -0.05) is 0 Å². The smallest absolute Gasteiger partial charge is 0.235 e. The molecule has 4 saturated heterocycles. The maximum atomic E-state index is 12.4. The Bertz CT molecular complexity index is 1060. The minimum absolute atomic E-state index is 0.189. The molecule has 0 saturated carbocycles. The summed E-state index contributed by atoms with van der Waals surface area (Å²) in [5.74, 6) is 0.0329. The summed E-state index contributed by atoms with van der Waals surface area (Å²) in [5.41, 5.74) is 3.68. The number of anilines is 1. The summed E-state index contributed by atoms with van der Waals surface area (Å²) in [6, 6.07) is 6.48. The molecule has 8 heteroatoms. The van der Waals surface area contributed by atoms with Crippen LogP contribution >= 0.6 is 0 Å². The molecular weight excluding hydrogens is 404 g/mol. The van der Waals surface area contributed by atoms with Gasteiger partial charge in [-0.15, -0.1) is 0 Å². The van der Waals surface area contributed by atoms with Gasteiger partial charge in [0.05, 0.1) is 17.1 Å². The summed E-state index contributed by atoms with van der Waals surface area (Å²) in [5, 5.41) is 11.6. The number of amides is 2. The molecule has 0 radical (unpaired) electrons. The molecule has 32 heavy (non-hydrogen) atoms. The molecule has 2 amide bonds. The van der Waals surface area contributed by atoms with Crippen molar-refractivity contribution in [1.82, 2.24) is 25.3 Å². The lowest BCUT2D eigenvalue weighted by atomic mass is 9.74. The lowest BCUT2D eigenvalue weighted by Crippen LogP contribution is -2.71. The van der Waals surface area contributed by atoms with Gasteiger partial charge < -0.3 is 15.1 Å². The van der Waals surface area contributed by atoms with Crippen LogP contribution in [0, 0.1) is 11.3 Å². The van der Waals surface area contributed by atoms with Crippen LogP contribution < -0.4 is 15.5 Å². The summed E-state index contributed by atoms with van der Waals surface area (Å²) in [6.07, 6.45) is 3.39. The van der Waals surface area contributed by atoms with Gasteiger partial charge in [-0.05, 0) is 43.4 Å². The highest BCUT2D eigenvalue weighted by Gasteiger charge is 2.47. The Morgan fingerprint density at radius 2 is 1.91 bits per heavy atom. The number of nitrogens with zero attached hydrogens (tertiary/aromatic N) is 4. The fraction of sp³-hybridized carbons (Fsp3) is 0.625. The summed E-state index contributed by atoms with van der Waals surface area (Å²) in [7, 11) is 1.94. The maximum Gasteiger partial charge on any atom is 0.235 e. The van der Waals surface area contributed by atoms with E-state index in [-0.39, 0.29) is 17.7 Å². The summed E-state index contributed by atoms with van der Waals surface area (Å²) in [6.45, 7) is 8.43. The molecule has 1 aromatic heterocycles. The third-order valence-electron chi connectivity index (χ3n) is 8.05. The van der Waals surface area contributed by atoms with Gasteiger partial charge in [0.1, 0.15) is 0 Å². The average Bonchev–Trinajstić information content (AvgIpc) is 3.05. The van der Waals surface area contributed by atoms with E-state index in [1.165, 1.54) is 51.3 Å². The Labute approximate surface area is 188 Å². The van der Waals surface area contributed by atoms with Crippen molar-refractivity contribution >= 4 is 28.4 Å². The van der Waals surface area contributed by atoms with Crippen LogP contribution in [0.1, 0.15) is 37.3 Å². The first kappa shape index (κ1) is 20.2. The lowest BCUT2D eigenvalue weighted by molar-refractivity contribution is -0.134. The highest BCUT2D eigenvalue weighted by molar-refractivity contribution is 6.02. The Morgan fingerprint density at radius 1 is 1.12 bits per heavy atom. The number of hydrogen-bond donors (Lipinski definition) is 2. The van der Waals surface area contributed by atoms with Gasteiger partial charge in [0.25, 0.3) is 0 Å². The van der Waals surface area contributed by atoms with E-state index in [0.717, 1.165) is 35.6 Å². The number of benzene rings is 1. The fourth-order valence-electron chi connectivity index (χ4n) is 6.15. The predicted octanol–water partition coefficient (Wildman–Crippen LogP) is 1.22. The van der Waals surface area contributed by atoms with Crippen molar-refractivity contribution in [3.8, 4) is 0 Å². The van der Waals surface area contributed by atoms with Crippen LogP contribution in [-0.4, -0.2) is 72.3 Å². The summed E-state index contributed by atoms with van der Waals surface area (Å²) in [4.78, 5) is 29.0. The molecule has 170 valence electrons. The SMILES string of the molecule is Cn1nc(C2CCC(=O)NC2=O)c2ccc(N3CCC(CN4CC5(CNC5)C4)CC3)cc21. The van der Waals surface area contributed by atoms with E-state index in [9.17, 15) is 9.59 Å². The summed E-state index contributed by atoms with van der Waals surface area (Å²) < 4.78 is 1.87. The largest absolute Gasteiger partial charge is 0.371 e. The second kappa shape index (κ2) is 7.56. The molecule has 4 aliphatic rings. The zero-order valence-corrected chi connectivity index (χ0v) is 18.8. The third kappa shape index (κ3) is 3.40. The van der Waals surface area contributed by atoms with Crippen LogP contribution in [0.4, 0.5) is 5.69 Å². The van der Waals surface area contributed by atoms with Crippen molar-refractivity contribution in [3.63, 3.8) is 0 Å². The number of imide groups is 1. The van der Waals surface area contributed by atoms with E-state index >= 15 is 0 Å². The number of nitrogens with one attached hydrogen (secondary N) is 2. The fourth-order valence-corrected chi connectivity index (χ4v) is 6.15. The number of aromatic nitrogens is 2. The Kier molecular flexibility index (Phi) is 4.76. The standard InChI is InChI=1S/C24H32N6O2/c1-28-20-10-17(2-3-18(20)22(27-28)19-4-5-21(31)26-23(19)32)30-8-6-16(7-9-30)11-29-14-24(15-29)12-25-13-24/h2-3,10,16,19,25H,4-9,11-15H2,1H3,(H,26,31,32). The topological polar surface area (TPSA) is 82.5 Å². The lowest BCUT2D eigenvalue weighted by Gasteiger charge is -2.57. The van der Waals surface area contributed by atoms with Gasteiger partial charge >= 0.3 is 0 Å². The monoisotopic (exact) mass is 436 g/mol. The van der Waals surface area contributed by atoms with Gasteiger partial charge in [0, 0.05) is 75.8 Å². The molecule has 1 unspecified atom stereocenters. The van der Waals surface area contributed by atoms with Crippen LogP contribution in [0.15, 0.2) is 18.2 Å². The third-order valence-corrected chi connectivity index (χ3v) is 8.05. The minimum atomic E-state index is -0.352. The number of aryl methyl sites for hydroxylation is 1. The average molecular weight is 437 g/mol. The van der Waals surface area contributed by atoms with Crippen molar-refractivity contribution < 1.29 is 9.59 Å². The molecule has 0 aliphatic carbocycles. The van der Waals surface area contributed by atoms with Crippen molar-refractivity contribution in [2.24, 2.45) is 18.4 Å². The molecule has 4 fully saturated rings.